The van der Waals surface area contributed by atoms with Crippen LogP contribution in [0, 0.1) is 0 Å². The monoisotopic (exact) mass is 308 g/mol. The standard InChI is InChI=1S/C16H21ClN2O2/c17-14-7-5-13(6-8-14)12-18-15(20)11-16(21)19-9-3-1-2-4-10-19/h5-8H,1-4,9-12H2,(H,18,20). The minimum absolute atomic E-state index is 0.0619. The van der Waals surface area contributed by atoms with Crippen LogP contribution in [0.5, 0.6) is 0 Å². The summed E-state index contributed by atoms with van der Waals surface area (Å²) in [7, 11) is 0. The van der Waals surface area contributed by atoms with Gasteiger partial charge in [-0.2, -0.15) is 0 Å². The van der Waals surface area contributed by atoms with Crippen LogP contribution in [0.2, 0.25) is 5.02 Å². The molecule has 0 spiro atoms. The van der Waals surface area contributed by atoms with E-state index in [9.17, 15) is 9.59 Å². The van der Waals surface area contributed by atoms with Gasteiger partial charge in [-0.25, -0.2) is 0 Å². The van der Waals surface area contributed by atoms with E-state index in [1.54, 1.807) is 12.1 Å². The van der Waals surface area contributed by atoms with E-state index < -0.39 is 0 Å². The molecule has 1 fully saturated rings. The zero-order valence-corrected chi connectivity index (χ0v) is 12.9. The molecule has 0 aromatic heterocycles. The van der Waals surface area contributed by atoms with Crippen molar-refractivity contribution >= 4 is 23.4 Å². The van der Waals surface area contributed by atoms with Crippen LogP contribution >= 0.6 is 11.6 Å². The number of halogens is 1. The third kappa shape index (κ3) is 5.38. The summed E-state index contributed by atoms with van der Waals surface area (Å²) in [5.41, 5.74) is 0.968. The van der Waals surface area contributed by atoms with Gasteiger partial charge in [0, 0.05) is 24.7 Å². The first kappa shape index (κ1) is 15.8. The molecule has 2 rings (SSSR count). The number of rotatable bonds is 4. The lowest BCUT2D eigenvalue weighted by Gasteiger charge is -2.19. The summed E-state index contributed by atoms with van der Waals surface area (Å²) in [4.78, 5) is 25.7. The lowest BCUT2D eigenvalue weighted by molar-refractivity contribution is -0.136. The van der Waals surface area contributed by atoms with E-state index in [4.69, 9.17) is 11.6 Å². The number of benzene rings is 1. The predicted molar refractivity (Wildman–Crippen MR) is 83.0 cm³/mol. The fourth-order valence-corrected chi connectivity index (χ4v) is 2.56. The van der Waals surface area contributed by atoms with Crippen LogP contribution in [0.25, 0.3) is 0 Å². The lowest BCUT2D eigenvalue weighted by atomic mass is 10.2. The van der Waals surface area contributed by atoms with Crippen molar-refractivity contribution in [1.82, 2.24) is 10.2 Å². The second-order valence-electron chi connectivity index (χ2n) is 5.37. The van der Waals surface area contributed by atoms with E-state index in [0.717, 1.165) is 31.5 Å². The number of likely N-dealkylation sites (tertiary alicyclic amines) is 1. The Morgan fingerprint density at radius 3 is 2.29 bits per heavy atom. The van der Waals surface area contributed by atoms with Gasteiger partial charge in [-0.1, -0.05) is 36.6 Å². The summed E-state index contributed by atoms with van der Waals surface area (Å²) in [5, 5.41) is 3.44. The molecule has 1 aliphatic heterocycles. The molecule has 4 nitrogen and oxygen atoms in total. The van der Waals surface area contributed by atoms with Crippen LogP contribution in [0.4, 0.5) is 0 Å². The topological polar surface area (TPSA) is 49.4 Å². The van der Waals surface area contributed by atoms with Crippen molar-refractivity contribution in [3.63, 3.8) is 0 Å². The van der Waals surface area contributed by atoms with Gasteiger partial charge in [-0.3, -0.25) is 9.59 Å². The van der Waals surface area contributed by atoms with Crippen molar-refractivity contribution in [2.75, 3.05) is 13.1 Å². The first-order valence-electron chi connectivity index (χ1n) is 7.44. The van der Waals surface area contributed by atoms with Gasteiger partial charge in [0.25, 0.3) is 0 Å². The molecule has 1 aromatic carbocycles. The summed E-state index contributed by atoms with van der Waals surface area (Å²) in [6.07, 6.45) is 4.36. The van der Waals surface area contributed by atoms with Gasteiger partial charge in [-0.15, -0.1) is 0 Å². The fourth-order valence-electron chi connectivity index (χ4n) is 2.43. The molecule has 1 aromatic rings. The van der Waals surface area contributed by atoms with Crippen LogP contribution < -0.4 is 5.32 Å². The molecule has 1 saturated heterocycles. The average molecular weight is 309 g/mol. The Balaban J connectivity index is 1.75. The highest BCUT2D eigenvalue weighted by Gasteiger charge is 2.18. The van der Waals surface area contributed by atoms with E-state index in [2.05, 4.69) is 5.32 Å². The second-order valence-corrected chi connectivity index (χ2v) is 5.81. The van der Waals surface area contributed by atoms with Crippen molar-refractivity contribution in [3.8, 4) is 0 Å². The number of carbonyl (C=O) groups excluding carboxylic acids is 2. The minimum atomic E-state index is -0.223. The van der Waals surface area contributed by atoms with E-state index >= 15 is 0 Å². The maximum atomic E-state index is 12.1. The summed E-state index contributed by atoms with van der Waals surface area (Å²) in [6, 6.07) is 7.29. The Morgan fingerprint density at radius 1 is 1.05 bits per heavy atom. The van der Waals surface area contributed by atoms with Crippen LogP contribution in [0.1, 0.15) is 37.7 Å². The maximum Gasteiger partial charge on any atom is 0.232 e. The average Bonchev–Trinajstić information content (AvgIpc) is 2.76. The molecule has 1 N–H and O–H groups in total. The molecule has 0 saturated carbocycles. The zero-order chi connectivity index (χ0) is 15.1. The third-order valence-corrected chi connectivity index (χ3v) is 3.93. The number of hydrogen-bond donors (Lipinski definition) is 1. The molecule has 2 amide bonds. The molecule has 0 atom stereocenters. The van der Waals surface area contributed by atoms with Gasteiger partial charge in [-0.05, 0) is 30.5 Å². The van der Waals surface area contributed by atoms with Gasteiger partial charge < -0.3 is 10.2 Å². The molecule has 5 heteroatoms. The summed E-state index contributed by atoms with van der Waals surface area (Å²) >= 11 is 5.81. The smallest absolute Gasteiger partial charge is 0.232 e. The van der Waals surface area contributed by atoms with Gasteiger partial charge in [0.2, 0.25) is 11.8 Å². The normalized spacial score (nSPS) is 15.4. The largest absolute Gasteiger partial charge is 0.352 e. The molecule has 0 unspecified atom stereocenters. The molecular weight excluding hydrogens is 288 g/mol. The van der Waals surface area contributed by atoms with Crippen LogP contribution in [0.3, 0.4) is 0 Å². The number of carbonyl (C=O) groups is 2. The van der Waals surface area contributed by atoms with E-state index in [1.807, 2.05) is 17.0 Å². The minimum Gasteiger partial charge on any atom is -0.352 e. The number of hydrogen-bond acceptors (Lipinski definition) is 2. The lowest BCUT2D eigenvalue weighted by Crippen LogP contribution is -2.36. The quantitative estimate of drug-likeness (QED) is 0.870. The van der Waals surface area contributed by atoms with Crippen molar-refractivity contribution in [1.29, 1.82) is 0 Å². The van der Waals surface area contributed by atoms with Crippen LogP contribution in [-0.2, 0) is 16.1 Å². The first-order chi connectivity index (χ1) is 10.1. The molecule has 0 radical (unpaired) electrons. The van der Waals surface area contributed by atoms with Crippen molar-refractivity contribution in [2.24, 2.45) is 0 Å². The Hall–Kier alpha value is -1.55. The molecular formula is C16H21ClN2O2. The Kier molecular flexibility index (Phi) is 6.05. The molecule has 0 bridgehead atoms. The fraction of sp³-hybridized carbons (Fsp3) is 0.500. The van der Waals surface area contributed by atoms with Gasteiger partial charge in [0.15, 0.2) is 0 Å². The summed E-state index contributed by atoms with van der Waals surface area (Å²) in [6.45, 7) is 1.98. The van der Waals surface area contributed by atoms with Crippen molar-refractivity contribution < 1.29 is 9.59 Å². The highest BCUT2D eigenvalue weighted by Crippen LogP contribution is 2.11. The third-order valence-electron chi connectivity index (χ3n) is 3.67. The van der Waals surface area contributed by atoms with Crippen LogP contribution in [-0.4, -0.2) is 29.8 Å². The maximum absolute atomic E-state index is 12.1. The SMILES string of the molecule is O=C(CC(=O)N1CCCCCC1)NCc1ccc(Cl)cc1. The van der Waals surface area contributed by atoms with E-state index in [0.29, 0.717) is 11.6 Å². The molecule has 114 valence electrons. The first-order valence-corrected chi connectivity index (χ1v) is 7.82. The Bertz CT molecular complexity index is 480. The van der Waals surface area contributed by atoms with Crippen molar-refractivity contribution in [3.05, 3.63) is 34.9 Å². The molecule has 1 heterocycles. The Morgan fingerprint density at radius 2 is 1.67 bits per heavy atom. The van der Waals surface area contributed by atoms with Crippen molar-refractivity contribution in [2.45, 2.75) is 38.6 Å². The van der Waals surface area contributed by atoms with E-state index in [1.165, 1.54) is 12.8 Å². The molecule has 1 aliphatic rings. The summed E-state index contributed by atoms with van der Waals surface area (Å²) < 4.78 is 0. The van der Waals surface area contributed by atoms with Gasteiger partial charge in [0.1, 0.15) is 6.42 Å². The molecule has 21 heavy (non-hydrogen) atoms. The predicted octanol–water partition coefficient (Wildman–Crippen LogP) is 2.75. The number of nitrogens with zero attached hydrogens (tertiary/aromatic N) is 1. The number of nitrogens with one attached hydrogen (secondary N) is 1. The second kappa shape index (κ2) is 8.03. The highest BCUT2D eigenvalue weighted by atomic mass is 35.5. The van der Waals surface area contributed by atoms with Gasteiger partial charge >= 0.3 is 0 Å². The zero-order valence-electron chi connectivity index (χ0n) is 12.1. The van der Waals surface area contributed by atoms with E-state index in [-0.39, 0.29) is 18.2 Å². The molecule has 0 aliphatic carbocycles. The highest BCUT2D eigenvalue weighted by molar-refractivity contribution is 6.30. The number of amides is 2. The summed E-state index contributed by atoms with van der Waals surface area (Å²) in [5.74, 6) is -0.287. The van der Waals surface area contributed by atoms with Gasteiger partial charge in [0.05, 0.1) is 0 Å². The van der Waals surface area contributed by atoms with Crippen LogP contribution in [0.15, 0.2) is 24.3 Å². The Labute approximate surface area is 130 Å².